The molecule has 0 aliphatic carbocycles. The van der Waals surface area contributed by atoms with Crippen LogP contribution in [0.1, 0.15) is 12.5 Å². The van der Waals surface area contributed by atoms with Gasteiger partial charge >= 0.3 is 5.97 Å². The number of esters is 1. The number of nitriles is 1. The lowest BCUT2D eigenvalue weighted by atomic mass is 10.2. The molecule has 0 spiro atoms. The monoisotopic (exact) mass is 261 g/mol. The van der Waals surface area contributed by atoms with Crippen LogP contribution in [0, 0.1) is 11.3 Å². The first kappa shape index (κ1) is 14.0. The van der Waals surface area contributed by atoms with Crippen LogP contribution in [0.25, 0.3) is 5.03 Å². The zero-order chi connectivity index (χ0) is 13.4. The maximum absolute atomic E-state index is 11.3. The number of halogens is 1. The van der Waals surface area contributed by atoms with E-state index in [2.05, 4.69) is 0 Å². The molecule has 0 aliphatic heterocycles. The summed E-state index contributed by atoms with van der Waals surface area (Å²) in [5, 5.41) is 9.27. The lowest BCUT2D eigenvalue weighted by Crippen LogP contribution is -2.05. The molecule has 0 heterocycles. The van der Waals surface area contributed by atoms with Gasteiger partial charge in [-0.3, -0.25) is 0 Å². The Kier molecular flexibility index (Phi) is 5.69. The van der Waals surface area contributed by atoms with Gasteiger partial charge < -0.3 is 4.74 Å². The van der Waals surface area contributed by atoms with E-state index < -0.39 is 5.97 Å². The topological polar surface area (TPSA) is 50.1 Å². The molecule has 0 fully saturated rings. The molecule has 92 valence electrons. The summed E-state index contributed by atoms with van der Waals surface area (Å²) in [5.41, 5.74) is 0.738. The van der Waals surface area contributed by atoms with Gasteiger partial charge in [-0.05, 0) is 24.6 Å². The summed E-state index contributed by atoms with van der Waals surface area (Å²) in [6, 6.07) is 11.0. The third kappa shape index (κ3) is 4.08. The molecule has 0 aromatic heterocycles. The molecule has 0 bridgehead atoms. The Bertz CT molecular complexity index is 512. The molecular weight excluding hydrogens is 250 g/mol. The third-order valence-electron chi connectivity index (χ3n) is 2.06. The van der Waals surface area contributed by atoms with Gasteiger partial charge in [-0.2, -0.15) is 5.26 Å². The van der Waals surface area contributed by atoms with Crippen LogP contribution in [-0.4, -0.2) is 12.6 Å². The molecule has 18 heavy (non-hydrogen) atoms. The highest BCUT2D eigenvalue weighted by atomic mass is 35.5. The number of nitrogens with zero attached hydrogens (tertiary/aromatic N) is 1. The lowest BCUT2D eigenvalue weighted by molar-refractivity contribution is -0.138. The molecule has 0 N–H and O–H groups in total. The van der Waals surface area contributed by atoms with Gasteiger partial charge in [0.2, 0.25) is 0 Å². The van der Waals surface area contributed by atoms with Crippen molar-refractivity contribution in [1.82, 2.24) is 0 Å². The number of carbonyl (C=O) groups excluding carboxylic acids is 1. The van der Waals surface area contributed by atoms with Crippen molar-refractivity contribution in [2.75, 3.05) is 6.61 Å². The van der Waals surface area contributed by atoms with Crippen molar-refractivity contribution in [3.05, 3.63) is 53.6 Å². The summed E-state index contributed by atoms with van der Waals surface area (Å²) in [6.45, 7) is 1.91. The van der Waals surface area contributed by atoms with E-state index in [1.54, 1.807) is 13.0 Å². The van der Waals surface area contributed by atoms with Crippen LogP contribution in [0.2, 0.25) is 0 Å². The highest BCUT2D eigenvalue weighted by Crippen LogP contribution is 2.18. The number of benzene rings is 1. The lowest BCUT2D eigenvalue weighted by Gasteiger charge is -1.99. The van der Waals surface area contributed by atoms with E-state index in [-0.39, 0.29) is 12.2 Å². The van der Waals surface area contributed by atoms with E-state index in [0.717, 1.165) is 5.56 Å². The smallest absolute Gasteiger partial charge is 0.348 e. The largest absolute Gasteiger partial charge is 0.462 e. The zero-order valence-electron chi connectivity index (χ0n) is 9.89. The average molecular weight is 262 g/mol. The Morgan fingerprint density at radius 1 is 1.39 bits per heavy atom. The maximum atomic E-state index is 11.3. The second-order valence-corrected chi connectivity index (χ2v) is 3.70. The van der Waals surface area contributed by atoms with Crippen LogP contribution in [0.4, 0.5) is 0 Å². The normalized spacial score (nSPS) is 11.8. The molecule has 0 aliphatic rings. The Morgan fingerprint density at radius 3 is 2.61 bits per heavy atom. The van der Waals surface area contributed by atoms with Crippen LogP contribution >= 0.6 is 11.6 Å². The van der Waals surface area contributed by atoms with Crippen molar-refractivity contribution < 1.29 is 9.53 Å². The number of rotatable bonds is 4. The van der Waals surface area contributed by atoms with Crippen molar-refractivity contribution >= 4 is 22.6 Å². The fourth-order valence-corrected chi connectivity index (χ4v) is 1.40. The third-order valence-corrected chi connectivity index (χ3v) is 2.41. The summed E-state index contributed by atoms with van der Waals surface area (Å²) in [7, 11) is 0. The van der Waals surface area contributed by atoms with Crippen molar-refractivity contribution in [2.24, 2.45) is 0 Å². The quantitative estimate of drug-likeness (QED) is 0.362. The fraction of sp³-hybridized carbons (Fsp3) is 0.143. The fourth-order valence-electron chi connectivity index (χ4n) is 1.21. The number of hydrogen-bond donors (Lipinski definition) is 0. The number of ether oxygens (including phenoxy) is 1. The van der Waals surface area contributed by atoms with Crippen LogP contribution in [0.15, 0.2) is 48.1 Å². The second-order valence-electron chi connectivity index (χ2n) is 3.29. The van der Waals surface area contributed by atoms with Gasteiger partial charge in [0.25, 0.3) is 0 Å². The van der Waals surface area contributed by atoms with E-state index in [1.165, 1.54) is 12.2 Å². The molecule has 0 saturated heterocycles. The van der Waals surface area contributed by atoms with Crippen LogP contribution < -0.4 is 0 Å². The van der Waals surface area contributed by atoms with E-state index in [1.807, 2.05) is 30.3 Å². The molecular formula is C14H12ClNO2. The number of allylic oxidation sites excluding steroid dienone is 2. The predicted octanol–water partition coefficient (Wildman–Crippen LogP) is 3.28. The van der Waals surface area contributed by atoms with Crippen molar-refractivity contribution in [3.63, 3.8) is 0 Å². The first-order valence-electron chi connectivity index (χ1n) is 5.39. The maximum Gasteiger partial charge on any atom is 0.348 e. The van der Waals surface area contributed by atoms with Crippen molar-refractivity contribution in [3.8, 4) is 6.07 Å². The summed E-state index contributed by atoms with van der Waals surface area (Å²) < 4.78 is 4.73. The highest BCUT2D eigenvalue weighted by molar-refractivity contribution is 6.48. The Balaban J connectivity index is 2.89. The van der Waals surface area contributed by atoms with Gasteiger partial charge in [0, 0.05) is 5.03 Å². The molecule has 4 heteroatoms. The Hall–Kier alpha value is -2.05. The molecule has 1 rings (SSSR count). The molecule has 0 unspecified atom stereocenters. The predicted molar refractivity (Wildman–Crippen MR) is 70.6 cm³/mol. The molecule has 1 aromatic carbocycles. The summed E-state index contributed by atoms with van der Waals surface area (Å²) >= 11 is 6.04. The molecule has 1 aromatic rings. The van der Waals surface area contributed by atoms with E-state index in [4.69, 9.17) is 21.6 Å². The van der Waals surface area contributed by atoms with Gasteiger partial charge in [0.05, 0.1) is 6.61 Å². The highest BCUT2D eigenvalue weighted by Gasteiger charge is 2.08. The van der Waals surface area contributed by atoms with E-state index >= 15 is 0 Å². The van der Waals surface area contributed by atoms with Gasteiger partial charge in [-0.1, -0.05) is 41.9 Å². The van der Waals surface area contributed by atoms with E-state index in [0.29, 0.717) is 5.03 Å². The van der Waals surface area contributed by atoms with Crippen molar-refractivity contribution in [1.29, 1.82) is 5.26 Å². The zero-order valence-corrected chi connectivity index (χ0v) is 10.6. The van der Waals surface area contributed by atoms with E-state index in [9.17, 15) is 4.79 Å². The summed E-state index contributed by atoms with van der Waals surface area (Å²) in [4.78, 5) is 11.3. The summed E-state index contributed by atoms with van der Waals surface area (Å²) in [6.07, 6.45) is 2.86. The molecule has 3 nitrogen and oxygen atoms in total. The first-order chi connectivity index (χ1) is 8.69. The van der Waals surface area contributed by atoms with Gasteiger partial charge in [-0.15, -0.1) is 0 Å². The average Bonchev–Trinajstić information content (AvgIpc) is 2.40. The molecule has 0 saturated carbocycles. The number of hydrogen-bond acceptors (Lipinski definition) is 3. The Labute approximate surface area is 111 Å². The standard InChI is InChI=1S/C14H12ClNO2/c1-2-18-14(17)12(10-16)8-9-13(15)11-6-4-3-5-7-11/h3-9H,2H2,1H3/b12-8+,13-9+. The first-order valence-corrected chi connectivity index (χ1v) is 5.77. The minimum absolute atomic E-state index is 0.0778. The van der Waals surface area contributed by atoms with Crippen LogP contribution in [0.5, 0.6) is 0 Å². The molecule has 0 amide bonds. The summed E-state index contributed by atoms with van der Waals surface area (Å²) in [5.74, 6) is -0.645. The minimum Gasteiger partial charge on any atom is -0.462 e. The minimum atomic E-state index is -0.645. The Morgan fingerprint density at radius 2 is 2.06 bits per heavy atom. The molecule has 0 atom stereocenters. The second kappa shape index (κ2) is 7.31. The van der Waals surface area contributed by atoms with Crippen LogP contribution in [0.3, 0.4) is 0 Å². The van der Waals surface area contributed by atoms with Gasteiger partial charge in [0.1, 0.15) is 11.6 Å². The van der Waals surface area contributed by atoms with Crippen molar-refractivity contribution in [2.45, 2.75) is 6.92 Å². The van der Waals surface area contributed by atoms with Crippen LogP contribution in [-0.2, 0) is 9.53 Å². The SMILES string of the molecule is CCOC(=O)/C(C#N)=C/C=C(/Cl)c1ccccc1. The molecule has 0 radical (unpaired) electrons. The van der Waals surface area contributed by atoms with Gasteiger partial charge in [0.15, 0.2) is 0 Å². The number of carbonyl (C=O) groups is 1. The van der Waals surface area contributed by atoms with Gasteiger partial charge in [-0.25, -0.2) is 4.79 Å².